The second kappa shape index (κ2) is 16.0. The molecule has 0 aromatic heterocycles. The van der Waals surface area contributed by atoms with Crippen molar-refractivity contribution in [3.8, 4) is 11.5 Å². The van der Waals surface area contributed by atoms with Gasteiger partial charge in [0.25, 0.3) is 0 Å². The molecule has 0 spiro atoms. The summed E-state index contributed by atoms with van der Waals surface area (Å²) in [6, 6.07) is 1.49. The van der Waals surface area contributed by atoms with E-state index in [4.69, 9.17) is 5.11 Å². The number of carbonyl (C=O) groups is 2. The number of carboxylic acid groups (broad SMARTS) is 2. The van der Waals surface area contributed by atoms with Gasteiger partial charge in [-0.3, -0.25) is 4.79 Å². The Labute approximate surface area is 204 Å². The average Bonchev–Trinajstić information content (AvgIpc) is 2.73. The Morgan fingerprint density at radius 2 is 1.41 bits per heavy atom. The van der Waals surface area contributed by atoms with Crippen LogP contribution in [0.4, 0.5) is 0 Å². The fraction of sp³-hybridized carbons (Fsp3) is 0.571. The lowest BCUT2D eigenvalue weighted by Gasteiger charge is -2.14. The van der Waals surface area contributed by atoms with Crippen molar-refractivity contribution in [3.05, 3.63) is 46.1 Å². The quantitative estimate of drug-likeness (QED) is 0.140. The number of rotatable bonds is 17. The van der Waals surface area contributed by atoms with Gasteiger partial charge < -0.3 is 20.4 Å². The number of allylic oxidation sites excluding steroid dienone is 4. The molecule has 0 fully saturated rings. The molecule has 0 amide bonds. The van der Waals surface area contributed by atoms with Crippen molar-refractivity contribution in [2.75, 3.05) is 0 Å². The van der Waals surface area contributed by atoms with Crippen LogP contribution in [0.5, 0.6) is 11.5 Å². The van der Waals surface area contributed by atoms with Crippen LogP contribution >= 0.6 is 0 Å². The summed E-state index contributed by atoms with van der Waals surface area (Å²) in [5.41, 5.74) is 2.99. The molecule has 0 unspecified atom stereocenters. The summed E-state index contributed by atoms with van der Waals surface area (Å²) in [7, 11) is 0. The van der Waals surface area contributed by atoms with Gasteiger partial charge in [-0.25, -0.2) is 4.79 Å². The highest BCUT2D eigenvalue weighted by Gasteiger charge is 2.21. The van der Waals surface area contributed by atoms with E-state index in [1.54, 1.807) is 0 Å². The Morgan fingerprint density at radius 3 is 1.97 bits per heavy atom. The number of unbranched alkanes of at least 4 members (excludes halogenated alkanes) is 7. The molecule has 34 heavy (non-hydrogen) atoms. The number of aliphatic carboxylic acids is 1. The van der Waals surface area contributed by atoms with Crippen molar-refractivity contribution in [2.24, 2.45) is 0 Å². The first-order chi connectivity index (χ1) is 16.1. The molecule has 6 heteroatoms. The number of phenolic OH excluding ortho intramolecular Hbond substituents is 1. The highest BCUT2D eigenvalue weighted by atomic mass is 16.4. The molecular weight excluding hydrogens is 432 g/mol. The van der Waals surface area contributed by atoms with Gasteiger partial charge in [0.05, 0.1) is 0 Å². The van der Waals surface area contributed by atoms with Gasteiger partial charge >= 0.3 is 11.9 Å². The lowest BCUT2D eigenvalue weighted by Crippen LogP contribution is -2.06. The lowest BCUT2D eigenvalue weighted by molar-refractivity contribution is -0.137. The molecule has 6 nitrogen and oxygen atoms in total. The molecule has 0 aliphatic rings. The number of hydrogen-bond acceptors (Lipinski definition) is 4. The van der Waals surface area contributed by atoms with Gasteiger partial charge in [0.2, 0.25) is 0 Å². The van der Waals surface area contributed by atoms with Crippen LogP contribution in [0.25, 0.3) is 0 Å². The zero-order valence-corrected chi connectivity index (χ0v) is 21.0. The van der Waals surface area contributed by atoms with E-state index >= 15 is 0 Å². The molecule has 0 aliphatic carbocycles. The summed E-state index contributed by atoms with van der Waals surface area (Å²) in [5, 5.41) is 39.4. The number of hydrogen-bond donors (Lipinski definition) is 4. The van der Waals surface area contributed by atoms with Crippen LogP contribution in [0.1, 0.15) is 113 Å². The van der Waals surface area contributed by atoms with Crippen molar-refractivity contribution in [3.63, 3.8) is 0 Å². The molecule has 0 saturated heterocycles. The fourth-order valence-corrected chi connectivity index (χ4v) is 4.00. The predicted molar refractivity (Wildman–Crippen MR) is 136 cm³/mol. The number of benzene rings is 1. The zero-order valence-electron chi connectivity index (χ0n) is 21.0. The third-order valence-electron chi connectivity index (χ3n) is 6.01. The second-order valence-electron chi connectivity index (χ2n) is 9.36. The Morgan fingerprint density at radius 1 is 0.824 bits per heavy atom. The average molecular weight is 475 g/mol. The van der Waals surface area contributed by atoms with Crippen molar-refractivity contribution in [1.29, 1.82) is 0 Å². The highest BCUT2D eigenvalue weighted by Crippen LogP contribution is 2.35. The van der Waals surface area contributed by atoms with Crippen LogP contribution in [-0.4, -0.2) is 32.4 Å². The van der Waals surface area contributed by atoms with Crippen molar-refractivity contribution in [1.82, 2.24) is 0 Å². The third-order valence-corrected chi connectivity index (χ3v) is 6.01. The SMILES string of the molecule is CC(C)=CCCC(C)=CCc1c(O)cc(CCCCCCCCCCC(=O)O)c(C(=O)O)c1O. The Balaban J connectivity index is 2.62. The van der Waals surface area contributed by atoms with Gasteiger partial charge in [-0.05, 0) is 70.9 Å². The van der Waals surface area contributed by atoms with Crippen LogP contribution in [0.2, 0.25) is 0 Å². The van der Waals surface area contributed by atoms with E-state index in [1.165, 1.54) is 11.6 Å². The molecule has 1 aromatic rings. The molecule has 0 radical (unpaired) electrons. The Hall–Kier alpha value is -2.76. The summed E-state index contributed by atoms with van der Waals surface area (Å²) in [5.74, 6) is -2.32. The molecular formula is C28H42O6. The monoisotopic (exact) mass is 474 g/mol. The van der Waals surface area contributed by atoms with E-state index in [1.807, 2.05) is 13.0 Å². The Bertz CT molecular complexity index is 862. The topological polar surface area (TPSA) is 115 Å². The summed E-state index contributed by atoms with van der Waals surface area (Å²) in [4.78, 5) is 22.3. The number of carboxylic acids is 2. The maximum atomic E-state index is 11.9. The molecule has 4 N–H and O–H groups in total. The highest BCUT2D eigenvalue weighted by molar-refractivity contribution is 5.93. The van der Waals surface area contributed by atoms with E-state index in [9.17, 15) is 24.9 Å². The summed E-state index contributed by atoms with van der Waals surface area (Å²) < 4.78 is 0. The number of aryl methyl sites for hydroxylation is 1. The van der Waals surface area contributed by atoms with Crippen molar-refractivity contribution >= 4 is 11.9 Å². The minimum absolute atomic E-state index is 0.0628. The summed E-state index contributed by atoms with van der Waals surface area (Å²) in [6.45, 7) is 6.10. The predicted octanol–water partition coefficient (Wildman–Crippen LogP) is 7.17. The molecule has 0 bridgehead atoms. The van der Waals surface area contributed by atoms with Crippen LogP contribution in [0.3, 0.4) is 0 Å². The van der Waals surface area contributed by atoms with E-state index in [0.29, 0.717) is 12.0 Å². The van der Waals surface area contributed by atoms with Gasteiger partial charge in [0.1, 0.15) is 17.1 Å². The minimum Gasteiger partial charge on any atom is -0.508 e. The largest absolute Gasteiger partial charge is 0.508 e. The molecule has 0 aliphatic heterocycles. The lowest BCUT2D eigenvalue weighted by atomic mass is 9.94. The second-order valence-corrected chi connectivity index (χ2v) is 9.36. The Kier molecular flexibility index (Phi) is 13.7. The van der Waals surface area contributed by atoms with Gasteiger partial charge in [-0.2, -0.15) is 0 Å². The first-order valence-electron chi connectivity index (χ1n) is 12.4. The van der Waals surface area contributed by atoms with Gasteiger partial charge in [-0.15, -0.1) is 0 Å². The molecule has 0 heterocycles. The van der Waals surface area contributed by atoms with Gasteiger partial charge in [0, 0.05) is 12.0 Å². The molecule has 0 saturated carbocycles. The normalized spacial score (nSPS) is 11.4. The van der Waals surface area contributed by atoms with E-state index in [-0.39, 0.29) is 35.5 Å². The van der Waals surface area contributed by atoms with E-state index in [2.05, 4.69) is 19.9 Å². The standard InChI is InChI=1S/C28H42O6/c1-20(2)13-12-14-21(3)17-18-23-24(29)19-22(26(27(23)32)28(33)34)15-10-8-6-4-5-7-9-11-16-25(30)31/h13,17,19,29,32H,4-12,14-16,18H2,1-3H3,(H,30,31)(H,33,34). The fourth-order valence-electron chi connectivity index (χ4n) is 4.00. The van der Waals surface area contributed by atoms with Gasteiger partial charge in [0.15, 0.2) is 0 Å². The molecule has 1 rings (SSSR count). The summed E-state index contributed by atoms with van der Waals surface area (Å²) in [6.07, 6.45) is 14.4. The maximum absolute atomic E-state index is 11.9. The van der Waals surface area contributed by atoms with Gasteiger partial charge in [-0.1, -0.05) is 61.8 Å². The molecule has 190 valence electrons. The van der Waals surface area contributed by atoms with Crippen LogP contribution in [0, 0.1) is 0 Å². The smallest absolute Gasteiger partial charge is 0.339 e. The van der Waals surface area contributed by atoms with Crippen LogP contribution in [0.15, 0.2) is 29.4 Å². The number of aromatic hydroxyl groups is 2. The van der Waals surface area contributed by atoms with Crippen LogP contribution < -0.4 is 0 Å². The first kappa shape index (κ1) is 29.3. The molecule has 0 atom stereocenters. The zero-order chi connectivity index (χ0) is 25.5. The van der Waals surface area contributed by atoms with Crippen LogP contribution in [-0.2, 0) is 17.6 Å². The molecule has 1 aromatic carbocycles. The third kappa shape index (κ3) is 11.4. The van der Waals surface area contributed by atoms with E-state index in [0.717, 1.165) is 69.8 Å². The number of phenols is 2. The maximum Gasteiger partial charge on any atom is 0.339 e. The first-order valence-corrected chi connectivity index (χ1v) is 12.4. The van der Waals surface area contributed by atoms with Crippen molar-refractivity contribution in [2.45, 2.75) is 104 Å². The van der Waals surface area contributed by atoms with Crippen molar-refractivity contribution < 1.29 is 30.0 Å². The minimum atomic E-state index is -1.18. The summed E-state index contributed by atoms with van der Waals surface area (Å²) >= 11 is 0. The van der Waals surface area contributed by atoms with E-state index < -0.39 is 11.9 Å². The number of aromatic carboxylic acids is 1.